The Morgan fingerprint density at radius 2 is 2.35 bits per heavy atom. The second kappa shape index (κ2) is 7.87. The first-order valence-corrected chi connectivity index (χ1v) is 7.49. The predicted octanol–water partition coefficient (Wildman–Crippen LogP) is 3.19. The van der Waals surface area contributed by atoms with Crippen LogP contribution in [0.3, 0.4) is 0 Å². The molecule has 5 nitrogen and oxygen atoms in total. The third-order valence-electron chi connectivity index (χ3n) is 2.10. The van der Waals surface area contributed by atoms with Crippen LogP contribution in [0.15, 0.2) is 21.6 Å². The smallest absolute Gasteiger partial charge is 0.338 e. The van der Waals surface area contributed by atoms with E-state index in [4.69, 9.17) is 10.00 Å². The van der Waals surface area contributed by atoms with E-state index in [9.17, 15) is 9.18 Å². The Morgan fingerprint density at radius 1 is 1.65 bits per heavy atom. The zero-order valence-corrected chi connectivity index (χ0v) is 13.1. The Labute approximate surface area is 128 Å². The highest BCUT2D eigenvalue weighted by Gasteiger charge is 2.15. The standard InChI is InChI=1S/C12H11BrFN3O2S/c1-3-19-11(18)7-4-8(13)10(9(14)5-7)17-12(20-2)16-6-15/h4-5H,3H2,1-2H3,(H,16,17). The zero-order valence-electron chi connectivity index (χ0n) is 10.7. The number of amidine groups is 1. The molecular formula is C12H11BrFN3O2S. The van der Waals surface area contributed by atoms with Crippen molar-refractivity contribution in [2.24, 2.45) is 4.99 Å². The van der Waals surface area contributed by atoms with E-state index >= 15 is 0 Å². The van der Waals surface area contributed by atoms with E-state index in [0.29, 0.717) is 4.47 Å². The molecule has 0 radical (unpaired) electrons. The molecule has 8 heteroatoms. The number of halogens is 2. The van der Waals surface area contributed by atoms with Crippen LogP contribution in [0.1, 0.15) is 17.3 Å². The molecule has 1 N–H and O–H groups in total. The third-order valence-corrected chi connectivity index (χ3v) is 3.28. The Balaban J connectivity index is 3.19. The molecule has 0 aliphatic carbocycles. The van der Waals surface area contributed by atoms with Crippen LogP contribution in [0.25, 0.3) is 0 Å². The van der Waals surface area contributed by atoms with Crippen molar-refractivity contribution in [3.63, 3.8) is 0 Å². The Morgan fingerprint density at radius 3 is 2.85 bits per heavy atom. The van der Waals surface area contributed by atoms with Crippen LogP contribution in [0.2, 0.25) is 0 Å². The topological polar surface area (TPSA) is 74.5 Å². The largest absolute Gasteiger partial charge is 0.462 e. The van der Waals surface area contributed by atoms with Gasteiger partial charge in [0.25, 0.3) is 0 Å². The first-order chi connectivity index (χ1) is 9.53. The van der Waals surface area contributed by atoms with E-state index in [1.165, 1.54) is 6.07 Å². The van der Waals surface area contributed by atoms with E-state index in [1.54, 1.807) is 19.4 Å². The predicted molar refractivity (Wildman–Crippen MR) is 79.4 cm³/mol. The molecule has 0 bridgehead atoms. The quantitative estimate of drug-likeness (QED) is 0.295. The van der Waals surface area contributed by atoms with Crippen molar-refractivity contribution < 1.29 is 13.9 Å². The maximum atomic E-state index is 14.0. The minimum atomic E-state index is -0.686. The van der Waals surface area contributed by atoms with E-state index < -0.39 is 11.8 Å². The fraction of sp³-hybridized carbons (Fsp3) is 0.250. The van der Waals surface area contributed by atoms with Crippen LogP contribution in [0, 0.1) is 17.3 Å². The molecule has 0 atom stereocenters. The maximum Gasteiger partial charge on any atom is 0.338 e. The van der Waals surface area contributed by atoms with Gasteiger partial charge >= 0.3 is 5.97 Å². The van der Waals surface area contributed by atoms with Crippen molar-refractivity contribution in [1.82, 2.24) is 5.32 Å². The highest BCUT2D eigenvalue weighted by molar-refractivity contribution is 9.10. The number of nitriles is 1. The van der Waals surface area contributed by atoms with Gasteiger partial charge in [-0.25, -0.2) is 14.2 Å². The number of benzene rings is 1. The fourth-order valence-corrected chi connectivity index (χ4v) is 2.13. The number of nitrogens with one attached hydrogen (secondary N) is 1. The number of hydrogen-bond acceptors (Lipinski definition) is 5. The van der Waals surface area contributed by atoms with Gasteiger partial charge in [-0.2, -0.15) is 5.26 Å². The molecule has 106 valence electrons. The lowest BCUT2D eigenvalue weighted by molar-refractivity contribution is 0.0526. The molecule has 0 heterocycles. The van der Waals surface area contributed by atoms with Crippen LogP contribution in [0.4, 0.5) is 10.1 Å². The van der Waals surface area contributed by atoms with Gasteiger partial charge in [-0.15, -0.1) is 0 Å². The zero-order chi connectivity index (χ0) is 15.1. The summed E-state index contributed by atoms with van der Waals surface area (Å²) in [5, 5.41) is 11.1. The molecule has 0 amide bonds. The van der Waals surface area contributed by atoms with Gasteiger partial charge in [0.15, 0.2) is 17.2 Å². The summed E-state index contributed by atoms with van der Waals surface area (Å²) in [6, 6.07) is 2.47. The van der Waals surface area contributed by atoms with E-state index in [-0.39, 0.29) is 23.0 Å². The van der Waals surface area contributed by atoms with Crippen molar-refractivity contribution in [2.45, 2.75) is 6.92 Å². The van der Waals surface area contributed by atoms with Gasteiger partial charge in [0.05, 0.1) is 12.2 Å². The number of aliphatic imine (C=N–C) groups is 1. The molecule has 20 heavy (non-hydrogen) atoms. The molecule has 1 aromatic rings. The van der Waals surface area contributed by atoms with Gasteiger partial charge in [0, 0.05) is 4.47 Å². The lowest BCUT2D eigenvalue weighted by atomic mass is 10.2. The molecule has 0 saturated carbocycles. The number of esters is 1. The minimum absolute atomic E-state index is 0.00477. The summed E-state index contributed by atoms with van der Waals surface area (Å²) in [6.45, 7) is 1.88. The van der Waals surface area contributed by atoms with Crippen molar-refractivity contribution in [3.8, 4) is 6.19 Å². The SMILES string of the molecule is CCOC(=O)c1cc(F)c(N=C(NC#N)SC)c(Br)c1. The van der Waals surface area contributed by atoms with Crippen molar-refractivity contribution >= 4 is 44.5 Å². The van der Waals surface area contributed by atoms with Gasteiger partial charge < -0.3 is 4.74 Å². The fourth-order valence-electron chi connectivity index (χ4n) is 1.28. The summed E-state index contributed by atoms with van der Waals surface area (Å²) in [4.78, 5) is 15.5. The van der Waals surface area contributed by atoms with Crippen LogP contribution in [-0.4, -0.2) is 24.0 Å². The average Bonchev–Trinajstić information content (AvgIpc) is 2.41. The summed E-state index contributed by atoms with van der Waals surface area (Å²) >= 11 is 4.31. The lowest BCUT2D eigenvalue weighted by Gasteiger charge is -2.07. The van der Waals surface area contributed by atoms with E-state index in [0.717, 1.165) is 17.8 Å². The highest BCUT2D eigenvalue weighted by atomic mass is 79.9. The number of hydrogen-bond donors (Lipinski definition) is 1. The number of rotatable bonds is 3. The van der Waals surface area contributed by atoms with Gasteiger partial charge in [0.1, 0.15) is 5.69 Å². The first-order valence-electron chi connectivity index (χ1n) is 5.47. The van der Waals surface area contributed by atoms with Crippen molar-refractivity contribution in [2.75, 3.05) is 12.9 Å². The molecule has 0 spiro atoms. The lowest BCUT2D eigenvalue weighted by Crippen LogP contribution is -2.12. The second-order valence-corrected chi connectivity index (χ2v) is 5.02. The summed E-state index contributed by atoms with van der Waals surface area (Å²) in [5.74, 6) is -1.29. The number of carbonyl (C=O) groups is 1. The van der Waals surface area contributed by atoms with Gasteiger partial charge in [-0.1, -0.05) is 11.8 Å². The summed E-state index contributed by atoms with van der Waals surface area (Å²) in [6.07, 6.45) is 3.41. The molecule has 1 aromatic carbocycles. The minimum Gasteiger partial charge on any atom is -0.462 e. The van der Waals surface area contributed by atoms with Gasteiger partial charge in [-0.05, 0) is 41.2 Å². The van der Waals surface area contributed by atoms with Gasteiger partial charge in [-0.3, -0.25) is 5.32 Å². The Hall–Kier alpha value is -1.59. The average molecular weight is 360 g/mol. The number of thioether (sulfide) groups is 1. The van der Waals surface area contributed by atoms with Crippen LogP contribution < -0.4 is 5.32 Å². The third kappa shape index (κ3) is 4.21. The van der Waals surface area contributed by atoms with Crippen molar-refractivity contribution in [1.29, 1.82) is 5.26 Å². The molecular weight excluding hydrogens is 349 g/mol. The molecule has 0 saturated heterocycles. The summed E-state index contributed by atoms with van der Waals surface area (Å²) < 4.78 is 19.1. The molecule has 0 aliphatic rings. The maximum absolute atomic E-state index is 14.0. The molecule has 0 unspecified atom stereocenters. The number of carbonyl (C=O) groups excluding carboxylic acids is 1. The Bertz CT molecular complexity index is 564. The van der Waals surface area contributed by atoms with Crippen molar-refractivity contribution in [3.05, 3.63) is 28.0 Å². The number of ether oxygens (including phenoxy) is 1. The second-order valence-electron chi connectivity index (χ2n) is 3.37. The van der Waals surface area contributed by atoms with Crippen LogP contribution >= 0.6 is 27.7 Å². The number of nitrogens with zero attached hydrogens (tertiary/aromatic N) is 2. The highest BCUT2D eigenvalue weighted by Crippen LogP contribution is 2.31. The first kappa shape index (κ1) is 16.5. The summed E-state index contributed by atoms with van der Waals surface area (Å²) in [7, 11) is 0. The monoisotopic (exact) mass is 359 g/mol. The van der Waals surface area contributed by atoms with Gasteiger partial charge in [0.2, 0.25) is 0 Å². The summed E-state index contributed by atoms with van der Waals surface area (Å²) in [5.41, 5.74) is 0.0965. The molecule has 0 aliphatic heterocycles. The van der Waals surface area contributed by atoms with E-state index in [2.05, 4.69) is 26.2 Å². The molecule has 0 fully saturated rings. The Kier molecular flexibility index (Phi) is 6.48. The van der Waals surface area contributed by atoms with Crippen LogP contribution in [0.5, 0.6) is 0 Å². The molecule has 0 aromatic heterocycles. The van der Waals surface area contributed by atoms with E-state index in [1.807, 2.05) is 0 Å². The van der Waals surface area contributed by atoms with Crippen LogP contribution in [-0.2, 0) is 4.74 Å². The normalized spacial score (nSPS) is 10.8. The molecule has 1 rings (SSSR count).